The summed E-state index contributed by atoms with van der Waals surface area (Å²) in [4.78, 5) is 21.3. The first kappa shape index (κ1) is 16.1. The molecule has 0 unspecified atom stereocenters. The number of carbonyl (C=O) groups is 1. The molecule has 7 nitrogen and oxygen atoms in total. The Kier molecular flexibility index (Phi) is 6.61. The molecule has 0 saturated heterocycles. The van der Waals surface area contributed by atoms with Gasteiger partial charge >= 0.3 is 5.97 Å². The number of nitro groups is 1. The van der Waals surface area contributed by atoms with Gasteiger partial charge in [0, 0.05) is 26.3 Å². The summed E-state index contributed by atoms with van der Waals surface area (Å²) >= 11 is 0. The van der Waals surface area contributed by atoms with E-state index in [1.54, 1.807) is 13.2 Å². The van der Waals surface area contributed by atoms with Crippen LogP contribution in [0.15, 0.2) is 18.2 Å². The monoisotopic (exact) mass is 282 g/mol. The maximum Gasteiger partial charge on any atom is 0.343 e. The van der Waals surface area contributed by atoms with Crippen molar-refractivity contribution in [3.63, 3.8) is 0 Å². The number of ether oxygens (including phenoxy) is 1. The number of hydrogen-bond donors (Lipinski definition) is 2. The Morgan fingerprint density at radius 2 is 2.20 bits per heavy atom. The molecule has 0 aromatic heterocycles. The van der Waals surface area contributed by atoms with Crippen LogP contribution in [0.3, 0.4) is 0 Å². The van der Waals surface area contributed by atoms with Gasteiger partial charge in [0.25, 0.3) is 5.69 Å². The third-order valence-electron chi connectivity index (χ3n) is 2.81. The van der Waals surface area contributed by atoms with Gasteiger partial charge in [0.1, 0.15) is 5.56 Å². The SMILES string of the molecule is COCCCCNCc1cccc([N+](=O)[O-])c1C(=O)O. The van der Waals surface area contributed by atoms with Crippen molar-refractivity contribution in [2.45, 2.75) is 19.4 Å². The van der Waals surface area contributed by atoms with E-state index >= 15 is 0 Å². The molecule has 0 amide bonds. The van der Waals surface area contributed by atoms with Gasteiger partial charge in [-0.3, -0.25) is 10.1 Å². The Morgan fingerprint density at radius 1 is 1.45 bits per heavy atom. The predicted molar refractivity (Wildman–Crippen MR) is 72.9 cm³/mol. The average Bonchev–Trinajstić information content (AvgIpc) is 2.42. The lowest BCUT2D eigenvalue weighted by atomic mass is 10.1. The van der Waals surface area contributed by atoms with E-state index in [0.717, 1.165) is 12.8 Å². The molecule has 0 saturated carbocycles. The van der Waals surface area contributed by atoms with Gasteiger partial charge in [-0.1, -0.05) is 12.1 Å². The topological polar surface area (TPSA) is 102 Å². The van der Waals surface area contributed by atoms with Gasteiger partial charge in [-0.05, 0) is 24.9 Å². The van der Waals surface area contributed by atoms with E-state index in [-0.39, 0.29) is 17.8 Å². The quantitative estimate of drug-likeness (QED) is 0.407. The smallest absolute Gasteiger partial charge is 0.343 e. The lowest BCUT2D eigenvalue weighted by molar-refractivity contribution is -0.385. The Hall–Kier alpha value is -1.99. The second-order valence-electron chi connectivity index (χ2n) is 4.25. The zero-order valence-corrected chi connectivity index (χ0v) is 11.3. The van der Waals surface area contributed by atoms with Crippen LogP contribution in [0.25, 0.3) is 0 Å². The van der Waals surface area contributed by atoms with Crippen molar-refractivity contribution >= 4 is 11.7 Å². The number of carboxylic acid groups (broad SMARTS) is 1. The highest BCUT2D eigenvalue weighted by Gasteiger charge is 2.22. The van der Waals surface area contributed by atoms with Gasteiger partial charge in [0.15, 0.2) is 0 Å². The minimum absolute atomic E-state index is 0.248. The van der Waals surface area contributed by atoms with Crippen LogP contribution in [0, 0.1) is 10.1 Å². The molecule has 110 valence electrons. The molecule has 0 aliphatic heterocycles. The van der Waals surface area contributed by atoms with E-state index in [4.69, 9.17) is 9.84 Å². The molecule has 1 rings (SSSR count). The van der Waals surface area contributed by atoms with Crippen LogP contribution >= 0.6 is 0 Å². The highest BCUT2D eigenvalue weighted by atomic mass is 16.6. The first-order valence-corrected chi connectivity index (χ1v) is 6.27. The number of methoxy groups -OCH3 is 1. The molecule has 0 aliphatic carbocycles. The molecule has 0 aliphatic rings. The van der Waals surface area contributed by atoms with E-state index in [9.17, 15) is 14.9 Å². The fourth-order valence-electron chi connectivity index (χ4n) is 1.85. The van der Waals surface area contributed by atoms with Crippen LogP contribution in [-0.2, 0) is 11.3 Å². The van der Waals surface area contributed by atoms with E-state index in [0.29, 0.717) is 18.7 Å². The zero-order valence-electron chi connectivity index (χ0n) is 11.3. The van der Waals surface area contributed by atoms with Gasteiger partial charge in [-0.2, -0.15) is 0 Å². The molecule has 2 N–H and O–H groups in total. The number of nitrogens with zero attached hydrogens (tertiary/aromatic N) is 1. The third kappa shape index (κ3) is 4.60. The number of hydrogen-bond acceptors (Lipinski definition) is 5. The number of rotatable bonds is 9. The zero-order chi connectivity index (χ0) is 15.0. The Labute approximate surface area is 116 Å². The summed E-state index contributed by atoms with van der Waals surface area (Å²) in [5.74, 6) is -1.28. The van der Waals surface area contributed by atoms with Crippen LogP contribution in [-0.4, -0.2) is 36.3 Å². The third-order valence-corrected chi connectivity index (χ3v) is 2.81. The number of nitro benzene ring substituents is 1. The van der Waals surface area contributed by atoms with Crippen LogP contribution in [0.2, 0.25) is 0 Å². The van der Waals surface area contributed by atoms with Crippen molar-refractivity contribution in [1.82, 2.24) is 5.32 Å². The number of nitrogens with one attached hydrogen (secondary N) is 1. The van der Waals surface area contributed by atoms with Gasteiger partial charge in [0.2, 0.25) is 0 Å². The Bertz CT molecular complexity index is 476. The first-order chi connectivity index (χ1) is 9.57. The predicted octanol–water partition coefficient (Wildman–Crippen LogP) is 1.81. The number of unbranched alkanes of at least 4 members (excludes halogenated alkanes) is 1. The first-order valence-electron chi connectivity index (χ1n) is 6.27. The second kappa shape index (κ2) is 8.23. The van der Waals surface area contributed by atoms with E-state index in [1.165, 1.54) is 12.1 Å². The Morgan fingerprint density at radius 3 is 2.80 bits per heavy atom. The number of aromatic carboxylic acids is 1. The molecule has 20 heavy (non-hydrogen) atoms. The molecule has 0 atom stereocenters. The molecule has 0 spiro atoms. The van der Waals surface area contributed by atoms with Crippen LogP contribution < -0.4 is 5.32 Å². The molecule has 0 radical (unpaired) electrons. The van der Waals surface area contributed by atoms with Crippen molar-refractivity contribution < 1.29 is 19.6 Å². The molecular weight excluding hydrogens is 264 g/mol. The Balaban J connectivity index is 2.67. The highest BCUT2D eigenvalue weighted by Crippen LogP contribution is 2.22. The average molecular weight is 282 g/mol. The van der Waals surface area contributed by atoms with Crippen molar-refractivity contribution in [3.8, 4) is 0 Å². The molecular formula is C13H18N2O5. The van der Waals surface area contributed by atoms with E-state index in [1.807, 2.05) is 0 Å². The molecule has 0 fully saturated rings. The standard InChI is InChI=1S/C13H18N2O5/c1-20-8-3-2-7-14-9-10-5-4-6-11(15(18)19)12(10)13(16)17/h4-6,14H,2-3,7-9H2,1H3,(H,16,17). The molecule has 7 heteroatoms. The lowest BCUT2D eigenvalue weighted by Crippen LogP contribution is -2.18. The minimum atomic E-state index is -1.28. The normalized spacial score (nSPS) is 10.4. The van der Waals surface area contributed by atoms with Crippen molar-refractivity contribution in [3.05, 3.63) is 39.4 Å². The van der Waals surface area contributed by atoms with Crippen molar-refractivity contribution in [1.29, 1.82) is 0 Å². The lowest BCUT2D eigenvalue weighted by Gasteiger charge is -2.08. The second-order valence-corrected chi connectivity index (χ2v) is 4.25. The van der Waals surface area contributed by atoms with Crippen molar-refractivity contribution in [2.24, 2.45) is 0 Å². The number of benzene rings is 1. The van der Waals surface area contributed by atoms with E-state index < -0.39 is 10.9 Å². The summed E-state index contributed by atoms with van der Waals surface area (Å²) in [6.07, 6.45) is 1.80. The molecule has 1 aromatic rings. The van der Waals surface area contributed by atoms with Gasteiger partial charge in [-0.25, -0.2) is 4.79 Å². The minimum Gasteiger partial charge on any atom is -0.477 e. The fourth-order valence-corrected chi connectivity index (χ4v) is 1.85. The highest BCUT2D eigenvalue weighted by molar-refractivity contribution is 5.94. The molecule has 0 bridgehead atoms. The summed E-state index contributed by atoms with van der Waals surface area (Å²) in [5, 5.41) is 23.0. The maximum absolute atomic E-state index is 11.2. The molecule has 0 heterocycles. The van der Waals surface area contributed by atoms with Crippen LogP contribution in [0.4, 0.5) is 5.69 Å². The van der Waals surface area contributed by atoms with Gasteiger partial charge in [0.05, 0.1) is 4.92 Å². The summed E-state index contributed by atoms with van der Waals surface area (Å²) in [5.41, 5.74) is -0.212. The van der Waals surface area contributed by atoms with Crippen LogP contribution in [0.1, 0.15) is 28.8 Å². The maximum atomic E-state index is 11.2. The van der Waals surface area contributed by atoms with Gasteiger partial charge < -0.3 is 15.2 Å². The van der Waals surface area contributed by atoms with Crippen molar-refractivity contribution in [2.75, 3.05) is 20.3 Å². The number of carboxylic acids is 1. The summed E-state index contributed by atoms with van der Waals surface area (Å²) < 4.78 is 4.92. The van der Waals surface area contributed by atoms with Gasteiger partial charge in [-0.15, -0.1) is 0 Å². The van der Waals surface area contributed by atoms with E-state index in [2.05, 4.69) is 5.32 Å². The largest absolute Gasteiger partial charge is 0.477 e. The summed E-state index contributed by atoms with van der Waals surface area (Å²) in [6, 6.07) is 4.27. The summed E-state index contributed by atoms with van der Waals surface area (Å²) in [7, 11) is 1.63. The summed E-state index contributed by atoms with van der Waals surface area (Å²) in [6.45, 7) is 1.67. The fraction of sp³-hybridized carbons (Fsp3) is 0.462. The van der Waals surface area contributed by atoms with Crippen LogP contribution in [0.5, 0.6) is 0 Å². The molecule has 1 aromatic carbocycles.